The average Bonchev–Trinajstić information content (AvgIpc) is 2.78. The highest BCUT2D eigenvalue weighted by Crippen LogP contribution is 2.38. The summed E-state index contributed by atoms with van der Waals surface area (Å²) in [7, 11) is 0. The Kier molecular flexibility index (Phi) is 6.89. The highest BCUT2D eigenvalue weighted by Gasteiger charge is 2.51. The van der Waals surface area contributed by atoms with Crippen molar-refractivity contribution in [3.8, 4) is 11.8 Å². The Balaban J connectivity index is 1.69. The Bertz CT molecular complexity index is 985. The number of alkyl halides is 3. The predicted molar refractivity (Wildman–Crippen MR) is 110 cm³/mol. The summed E-state index contributed by atoms with van der Waals surface area (Å²) in [6, 6.07) is 8.83. The largest absolute Gasteiger partial charge is 0.445 e. The van der Waals surface area contributed by atoms with Crippen LogP contribution in [0.2, 0.25) is 0 Å². The second-order valence-electron chi connectivity index (χ2n) is 7.43. The first-order valence-corrected chi connectivity index (χ1v) is 9.89. The average molecular weight is 448 g/mol. The van der Waals surface area contributed by atoms with Crippen molar-refractivity contribution in [3.63, 3.8) is 0 Å². The molecular weight excluding hydrogens is 425 g/mol. The number of piperazine rings is 1. The van der Waals surface area contributed by atoms with Gasteiger partial charge in [0.1, 0.15) is 12.6 Å². The molecule has 0 spiro atoms. The molecule has 0 bridgehead atoms. The minimum atomic E-state index is -4.86. The molecule has 0 saturated carbocycles. The second kappa shape index (κ2) is 9.44. The zero-order valence-corrected chi connectivity index (χ0v) is 17.6. The van der Waals surface area contributed by atoms with Gasteiger partial charge in [-0.3, -0.25) is 0 Å². The van der Waals surface area contributed by atoms with Crippen molar-refractivity contribution in [2.75, 3.05) is 24.5 Å². The van der Waals surface area contributed by atoms with Crippen LogP contribution in [-0.2, 0) is 16.9 Å². The van der Waals surface area contributed by atoms with E-state index in [4.69, 9.17) is 4.74 Å². The van der Waals surface area contributed by atoms with E-state index in [0.717, 1.165) is 18.0 Å². The Morgan fingerprint density at radius 3 is 2.47 bits per heavy atom. The van der Waals surface area contributed by atoms with Gasteiger partial charge < -0.3 is 19.6 Å². The lowest BCUT2D eigenvalue weighted by Gasteiger charge is -2.38. The molecular formula is C22H23F3N4O3. The number of aromatic nitrogens is 2. The summed E-state index contributed by atoms with van der Waals surface area (Å²) in [5, 5.41) is 9.79. The highest BCUT2D eigenvalue weighted by molar-refractivity contribution is 5.68. The van der Waals surface area contributed by atoms with Crippen LogP contribution in [0.25, 0.3) is 0 Å². The standard InChI is InChI=1S/C22H23F3N4O3/c1-3-7-18-14-28(20(30)32-15-16-8-5-4-6-9-16)10-11-29(18)19-26-12-17(13-27-19)21(2,31)22(23,24)25/h4-6,8-9,12-13,18,31H,10-11,14-15H2,1-2H3/t18-,21?/m0/s1. The van der Waals surface area contributed by atoms with Crippen LogP contribution < -0.4 is 4.90 Å². The summed E-state index contributed by atoms with van der Waals surface area (Å²) in [5.41, 5.74) is -2.65. The van der Waals surface area contributed by atoms with E-state index < -0.39 is 29.5 Å². The van der Waals surface area contributed by atoms with Gasteiger partial charge in [-0.15, -0.1) is 5.92 Å². The number of halogens is 3. The molecule has 2 heterocycles. The van der Waals surface area contributed by atoms with Crippen molar-refractivity contribution < 1.29 is 27.8 Å². The summed E-state index contributed by atoms with van der Waals surface area (Å²) in [6.45, 7) is 3.29. The molecule has 1 unspecified atom stereocenters. The van der Waals surface area contributed by atoms with Gasteiger partial charge in [0.2, 0.25) is 5.95 Å². The Morgan fingerprint density at radius 1 is 1.22 bits per heavy atom. The third-order valence-corrected chi connectivity index (χ3v) is 5.16. The van der Waals surface area contributed by atoms with E-state index in [1.165, 1.54) is 4.90 Å². The van der Waals surface area contributed by atoms with Gasteiger partial charge in [0.25, 0.3) is 0 Å². The number of aliphatic hydroxyl groups is 1. The smallest absolute Gasteiger partial charge is 0.421 e. The molecule has 1 aromatic carbocycles. The van der Waals surface area contributed by atoms with Gasteiger partial charge in [0, 0.05) is 31.0 Å². The Labute approximate surface area is 183 Å². The maximum atomic E-state index is 13.0. The number of hydrogen-bond acceptors (Lipinski definition) is 6. The van der Waals surface area contributed by atoms with E-state index in [1.807, 2.05) is 30.3 Å². The van der Waals surface area contributed by atoms with Gasteiger partial charge in [-0.25, -0.2) is 14.8 Å². The third kappa shape index (κ3) is 5.11. The van der Waals surface area contributed by atoms with Gasteiger partial charge in [0.15, 0.2) is 5.60 Å². The summed E-state index contributed by atoms with van der Waals surface area (Å²) in [5.74, 6) is 5.94. The van der Waals surface area contributed by atoms with Crippen molar-refractivity contribution in [1.29, 1.82) is 0 Å². The van der Waals surface area contributed by atoms with Crippen molar-refractivity contribution in [2.45, 2.75) is 38.3 Å². The molecule has 1 aliphatic heterocycles. The van der Waals surface area contributed by atoms with E-state index in [0.29, 0.717) is 20.0 Å². The van der Waals surface area contributed by atoms with Gasteiger partial charge in [-0.1, -0.05) is 36.3 Å². The number of rotatable bonds is 4. The van der Waals surface area contributed by atoms with E-state index in [1.54, 1.807) is 11.8 Å². The molecule has 170 valence electrons. The first-order chi connectivity index (χ1) is 15.1. The van der Waals surface area contributed by atoms with Gasteiger partial charge in [-0.05, 0) is 19.4 Å². The number of carbonyl (C=O) groups is 1. The molecule has 1 aromatic heterocycles. The number of benzene rings is 1. The summed E-state index contributed by atoms with van der Waals surface area (Å²) in [4.78, 5) is 23.7. The lowest BCUT2D eigenvalue weighted by atomic mass is 9.99. The van der Waals surface area contributed by atoms with Gasteiger partial charge in [0.05, 0.1) is 6.54 Å². The zero-order chi connectivity index (χ0) is 23.4. The molecule has 1 fully saturated rings. The fourth-order valence-electron chi connectivity index (χ4n) is 3.17. The van der Waals surface area contributed by atoms with Crippen LogP contribution in [0.15, 0.2) is 42.7 Å². The van der Waals surface area contributed by atoms with E-state index in [-0.39, 0.29) is 19.1 Å². The lowest BCUT2D eigenvalue weighted by Crippen LogP contribution is -2.55. The summed E-state index contributed by atoms with van der Waals surface area (Å²) >= 11 is 0. The van der Waals surface area contributed by atoms with Crippen LogP contribution in [0.4, 0.5) is 23.9 Å². The van der Waals surface area contributed by atoms with Crippen LogP contribution in [0.3, 0.4) is 0 Å². The molecule has 1 N–H and O–H groups in total. The highest BCUT2D eigenvalue weighted by atomic mass is 19.4. The molecule has 32 heavy (non-hydrogen) atoms. The summed E-state index contributed by atoms with van der Waals surface area (Å²) < 4.78 is 44.5. The van der Waals surface area contributed by atoms with Crippen molar-refractivity contribution in [3.05, 3.63) is 53.9 Å². The minimum Gasteiger partial charge on any atom is -0.445 e. The quantitative estimate of drug-likeness (QED) is 0.725. The molecule has 1 aliphatic rings. The normalized spacial score (nSPS) is 18.4. The molecule has 3 rings (SSSR count). The number of hydrogen-bond donors (Lipinski definition) is 1. The van der Waals surface area contributed by atoms with Gasteiger partial charge in [-0.2, -0.15) is 13.2 Å². The van der Waals surface area contributed by atoms with Gasteiger partial charge >= 0.3 is 12.3 Å². The molecule has 0 aliphatic carbocycles. The number of amides is 1. The summed E-state index contributed by atoms with van der Waals surface area (Å²) in [6.07, 6.45) is -3.44. The van der Waals surface area contributed by atoms with Crippen LogP contribution in [0, 0.1) is 11.8 Å². The van der Waals surface area contributed by atoms with E-state index >= 15 is 0 Å². The molecule has 1 amide bonds. The zero-order valence-electron chi connectivity index (χ0n) is 17.6. The van der Waals surface area contributed by atoms with Crippen LogP contribution in [0.5, 0.6) is 0 Å². The topological polar surface area (TPSA) is 78.8 Å². The number of anilines is 1. The maximum Gasteiger partial charge on any atom is 0.421 e. The first-order valence-electron chi connectivity index (χ1n) is 9.89. The number of ether oxygens (including phenoxy) is 1. The fraction of sp³-hybridized carbons (Fsp3) is 0.409. The van der Waals surface area contributed by atoms with Crippen molar-refractivity contribution in [2.24, 2.45) is 0 Å². The molecule has 0 radical (unpaired) electrons. The molecule has 2 aromatic rings. The predicted octanol–water partition coefficient (Wildman–Crippen LogP) is 3.10. The molecule has 7 nitrogen and oxygen atoms in total. The second-order valence-corrected chi connectivity index (χ2v) is 7.43. The Hall–Kier alpha value is -3.32. The van der Waals surface area contributed by atoms with Crippen molar-refractivity contribution in [1.82, 2.24) is 14.9 Å². The molecule has 2 atom stereocenters. The fourth-order valence-corrected chi connectivity index (χ4v) is 3.17. The number of carbonyl (C=O) groups excluding carboxylic acids is 1. The van der Waals surface area contributed by atoms with Crippen molar-refractivity contribution >= 4 is 12.0 Å². The number of nitrogens with zero attached hydrogens (tertiary/aromatic N) is 4. The van der Waals surface area contributed by atoms with Crippen LogP contribution >= 0.6 is 0 Å². The van der Waals surface area contributed by atoms with Crippen LogP contribution in [-0.4, -0.2) is 57.9 Å². The maximum absolute atomic E-state index is 13.0. The first kappa shape index (κ1) is 23.3. The van der Waals surface area contributed by atoms with E-state index in [2.05, 4.69) is 21.8 Å². The SMILES string of the molecule is CC#C[C@H]1CN(C(=O)OCc2ccccc2)CCN1c1ncc(C(C)(O)C(F)(F)F)cn1. The monoisotopic (exact) mass is 448 g/mol. The molecule has 10 heteroatoms. The minimum absolute atomic E-state index is 0.147. The molecule has 1 saturated heterocycles. The van der Waals surface area contributed by atoms with Crippen LogP contribution in [0.1, 0.15) is 25.0 Å². The third-order valence-electron chi connectivity index (χ3n) is 5.16. The lowest BCUT2D eigenvalue weighted by molar-refractivity contribution is -0.259. The van der Waals surface area contributed by atoms with E-state index in [9.17, 15) is 23.1 Å². The Morgan fingerprint density at radius 2 is 1.88 bits per heavy atom.